The molecule has 2 unspecified atom stereocenters. The lowest BCUT2D eigenvalue weighted by molar-refractivity contribution is -0.135. The molecule has 2 N–H and O–H groups in total. The van der Waals surface area contributed by atoms with Gasteiger partial charge in [-0.2, -0.15) is 0 Å². The van der Waals surface area contributed by atoms with Crippen LogP contribution in [0.25, 0.3) is 0 Å². The minimum atomic E-state index is -0.384. The first kappa shape index (κ1) is 19.0. The Bertz CT molecular complexity index is 533. The third-order valence-electron chi connectivity index (χ3n) is 4.73. The Morgan fingerprint density at radius 2 is 1.96 bits per heavy atom. The van der Waals surface area contributed by atoms with E-state index in [0.717, 1.165) is 39.1 Å². The molecule has 1 aliphatic heterocycles. The third-order valence-corrected chi connectivity index (χ3v) is 5.04. The highest BCUT2D eigenvalue weighted by Crippen LogP contribution is 2.22. The van der Waals surface area contributed by atoms with E-state index in [1.165, 1.54) is 0 Å². The van der Waals surface area contributed by atoms with Crippen molar-refractivity contribution in [3.63, 3.8) is 0 Å². The van der Waals surface area contributed by atoms with Gasteiger partial charge in [-0.15, -0.1) is 0 Å². The SMILES string of the molecule is CCC(C)C(N)C(=O)N1CCN(CCOc2ccccc2Cl)CC1. The first-order chi connectivity index (χ1) is 11.5. The Labute approximate surface area is 149 Å². The quantitative estimate of drug-likeness (QED) is 0.816. The summed E-state index contributed by atoms with van der Waals surface area (Å²) in [4.78, 5) is 16.6. The molecule has 24 heavy (non-hydrogen) atoms. The van der Waals surface area contributed by atoms with Gasteiger partial charge in [0.1, 0.15) is 12.4 Å². The van der Waals surface area contributed by atoms with E-state index in [-0.39, 0.29) is 17.9 Å². The molecule has 1 aromatic carbocycles. The second-order valence-electron chi connectivity index (χ2n) is 6.36. The minimum Gasteiger partial charge on any atom is -0.491 e. The van der Waals surface area contributed by atoms with Crippen LogP contribution >= 0.6 is 11.6 Å². The van der Waals surface area contributed by atoms with Crippen molar-refractivity contribution in [1.29, 1.82) is 0 Å². The van der Waals surface area contributed by atoms with E-state index in [4.69, 9.17) is 22.1 Å². The molecule has 5 nitrogen and oxygen atoms in total. The van der Waals surface area contributed by atoms with Gasteiger partial charge in [0.25, 0.3) is 0 Å². The molecule has 0 bridgehead atoms. The maximum absolute atomic E-state index is 12.4. The second-order valence-corrected chi connectivity index (χ2v) is 6.76. The van der Waals surface area contributed by atoms with Crippen molar-refractivity contribution in [2.45, 2.75) is 26.3 Å². The number of amides is 1. The molecule has 2 rings (SSSR count). The molecule has 1 aromatic rings. The Hall–Kier alpha value is -1.30. The molecular weight excluding hydrogens is 326 g/mol. The zero-order chi connectivity index (χ0) is 17.5. The number of piperazine rings is 1. The monoisotopic (exact) mass is 353 g/mol. The normalized spacial score (nSPS) is 18.2. The van der Waals surface area contributed by atoms with Crippen molar-refractivity contribution in [2.75, 3.05) is 39.3 Å². The summed E-state index contributed by atoms with van der Waals surface area (Å²) in [6, 6.07) is 7.10. The maximum atomic E-state index is 12.4. The van der Waals surface area contributed by atoms with Crippen LogP contribution in [-0.4, -0.2) is 61.1 Å². The molecule has 1 fully saturated rings. The Morgan fingerprint density at radius 3 is 2.58 bits per heavy atom. The molecule has 0 radical (unpaired) electrons. The van der Waals surface area contributed by atoms with Crippen LogP contribution in [0.4, 0.5) is 0 Å². The molecule has 134 valence electrons. The van der Waals surface area contributed by atoms with Crippen LogP contribution in [0, 0.1) is 5.92 Å². The van der Waals surface area contributed by atoms with Crippen LogP contribution in [0.15, 0.2) is 24.3 Å². The number of para-hydroxylation sites is 1. The number of hydrogen-bond acceptors (Lipinski definition) is 4. The number of carbonyl (C=O) groups is 1. The van der Waals surface area contributed by atoms with Gasteiger partial charge in [0.15, 0.2) is 0 Å². The van der Waals surface area contributed by atoms with Gasteiger partial charge in [-0.3, -0.25) is 9.69 Å². The standard InChI is InChI=1S/C18H28ClN3O2/c1-3-14(2)17(20)18(23)22-10-8-21(9-11-22)12-13-24-16-7-5-4-6-15(16)19/h4-7,14,17H,3,8-13,20H2,1-2H3. The van der Waals surface area contributed by atoms with Gasteiger partial charge >= 0.3 is 0 Å². The number of carbonyl (C=O) groups excluding carboxylic acids is 1. The lowest BCUT2D eigenvalue weighted by Crippen LogP contribution is -2.54. The first-order valence-corrected chi connectivity index (χ1v) is 9.04. The molecule has 1 aliphatic rings. The van der Waals surface area contributed by atoms with Gasteiger partial charge in [-0.05, 0) is 18.1 Å². The van der Waals surface area contributed by atoms with E-state index in [9.17, 15) is 4.79 Å². The summed E-state index contributed by atoms with van der Waals surface area (Å²) in [5, 5.41) is 0.631. The molecule has 6 heteroatoms. The van der Waals surface area contributed by atoms with Crippen molar-refractivity contribution in [3.8, 4) is 5.75 Å². The average Bonchev–Trinajstić information content (AvgIpc) is 2.62. The Morgan fingerprint density at radius 1 is 1.29 bits per heavy atom. The smallest absolute Gasteiger partial charge is 0.239 e. The first-order valence-electron chi connectivity index (χ1n) is 8.67. The lowest BCUT2D eigenvalue weighted by Gasteiger charge is -2.36. The number of hydrogen-bond donors (Lipinski definition) is 1. The predicted molar refractivity (Wildman–Crippen MR) is 97.4 cm³/mol. The van der Waals surface area contributed by atoms with E-state index >= 15 is 0 Å². The van der Waals surface area contributed by atoms with Crippen molar-refractivity contribution in [3.05, 3.63) is 29.3 Å². The van der Waals surface area contributed by atoms with Crippen LogP contribution in [-0.2, 0) is 4.79 Å². The summed E-state index contributed by atoms with van der Waals surface area (Å²) < 4.78 is 5.72. The largest absolute Gasteiger partial charge is 0.491 e. The van der Waals surface area contributed by atoms with Crippen molar-refractivity contribution in [1.82, 2.24) is 9.80 Å². The van der Waals surface area contributed by atoms with Crippen molar-refractivity contribution in [2.24, 2.45) is 11.7 Å². The van der Waals surface area contributed by atoms with E-state index in [0.29, 0.717) is 17.4 Å². The summed E-state index contributed by atoms with van der Waals surface area (Å²) in [6.45, 7) is 8.67. The third kappa shape index (κ3) is 5.10. The van der Waals surface area contributed by atoms with Gasteiger partial charge in [-0.1, -0.05) is 44.0 Å². The molecule has 0 aliphatic carbocycles. The lowest BCUT2D eigenvalue weighted by atomic mass is 9.98. The summed E-state index contributed by atoms with van der Waals surface area (Å²) >= 11 is 6.07. The summed E-state index contributed by atoms with van der Waals surface area (Å²) in [6.07, 6.45) is 0.923. The molecule has 0 saturated carbocycles. The van der Waals surface area contributed by atoms with Crippen LogP contribution in [0.3, 0.4) is 0 Å². The molecule has 1 heterocycles. The maximum Gasteiger partial charge on any atom is 0.239 e. The van der Waals surface area contributed by atoms with E-state index in [1.807, 2.05) is 36.1 Å². The molecule has 1 amide bonds. The molecule has 0 spiro atoms. The fraction of sp³-hybridized carbons (Fsp3) is 0.611. The van der Waals surface area contributed by atoms with Gasteiger partial charge in [0.05, 0.1) is 11.1 Å². The van der Waals surface area contributed by atoms with Gasteiger partial charge in [0.2, 0.25) is 5.91 Å². The predicted octanol–water partition coefficient (Wildman–Crippen LogP) is 2.24. The van der Waals surface area contributed by atoms with Crippen LogP contribution in [0.2, 0.25) is 5.02 Å². The molecular formula is C18H28ClN3O2. The van der Waals surface area contributed by atoms with E-state index in [1.54, 1.807) is 0 Å². The fourth-order valence-electron chi connectivity index (χ4n) is 2.75. The highest BCUT2D eigenvalue weighted by atomic mass is 35.5. The highest BCUT2D eigenvalue weighted by molar-refractivity contribution is 6.32. The Balaban J connectivity index is 1.71. The highest BCUT2D eigenvalue weighted by Gasteiger charge is 2.27. The molecule has 1 saturated heterocycles. The van der Waals surface area contributed by atoms with Gasteiger partial charge in [-0.25, -0.2) is 0 Å². The topological polar surface area (TPSA) is 58.8 Å². The number of benzene rings is 1. The van der Waals surface area contributed by atoms with Crippen molar-refractivity contribution < 1.29 is 9.53 Å². The number of ether oxygens (including phenoxy) is 1. The zero-order valence-corrected chi connectivity index (χ0v) is 15.3. The molecule has 2 atom stereocenters. The fourth-order valence-corrected chi connectivity index (χ4v) is 2.94. The zero-order valence-electron chi connectivity index (χ0n) is 14.6. The minimum absolute atomic E-state index is 0.0799. The summed E-state index contributed by atoms with van der Waals surface area (Å²) in [5.41, 5.74) is 6.06. The van der Waals surface area contributed by atoms with Gasteiger partial charge < -0.3 is 15.4 Å². The number of rotatable bonds is 7. The number of nitrogens with zero attached hydrogens (tertiary/aromatic N) is 2. The van der Waals surface area contributed by atoms with E-state index in [2.05, 4.69) is 11.8 Å². The van der Waals surface area contributed by atoms with Crippen LogP contribution in [0.5, 0.6) is 5.75 Å². The van der Waals surface area contributed by atoms with Crippen molar-refractivity contribution >= 4 is 17.5 Å². The summed E-state index contributed by atoms with van der Waals surface area (Å²) in [5.74, 6) is 1.02. The van der Waals surface area contributed by atoms with Crippen LogP contribution < -0.4 is 10.5 Å². The molecule has 0 aromatic heterocycles. The second kappa shape index (κ2) is 9.25. The van der Waals surface area contributed by atoms with E-state index < -0.39 is 0 Å². The van der Waals surface area contributed by atoms with Crippen LogP contribution in [0.1, 0.15) is 20.3 Å². The number of halogens is 1. The number of nitrogens with two attached hydrogens (primary N) is 1. The average molecular weight is 354 g/mol. The van der Waals surface area contributed by atoms with Gasteiger partial charge in [0, 0.05) is 32.7 Å². The Kier molecular flexibility index (Phi) is 7.34. The summed E-state index contributed by atoms with van der Waals surface area (Å²) in [7, 11) is 0.